The lowest BCUT2D eigenvalue weighted by Crippen LogP contribution is -2.12. The van der Waals surface area contributed by atoms with Crippen LogP contribution < -0.4 is 5.32 Å². The molecule has 0 saturated heterocycles. The summed E-state index contributed by atoms with van der Waals surface area (Å²) in [6.45, 7) is 0.352. The zero-order valence-corrected chi connectivity index (χ0v) is 11.1. The highest BCUT2D eigenvalue weighted by Crippen LogP contribution is 2.23. The Morgan fingerprint density at radius 1 is 1.47 bits per heavy atom. The molecular weight excluding hydrogens is 279 g/mol. The van der Waals surface area contributed by atoms with Gasteiger partial charge in [-0.3, -0.25) is 0 Å². The molecule has 0 bridgehead atoms. The lowest BCUT2D eigenvalue weighted by Gasteiger charge is -2.11. The fourth-order valence-corrected chi connectivity index (χ4v) is 2.47. The molecule has 0 aromatic carbocycles. The molecule has 0 radical (unpaired) electrons. The van der Waals surface area contributed by atoms with E-state index in [1.807, 2.05) is 16.8 Å². The van der Waals surface area contributed by atoms with Crippen molar-refractivity contribution >= 4 is 40.4 Å². The standard InChI is InChI=1S/C11H10Cl2N2OS/c12-8-3-9(13)11(14-4-8)15-5-10(16)7-1-2-17-6-7/h1-4,6,10,16H,5H2,(H,14,15). The Balaban J connectivity index is 1.98. The Hall–Kier alpha value is -0.810. The minimum atomic E-state index is -0.574. The molecule has 2 aromatic heterocycles. The van der Waals surface area contributed by atoms with E-state index in [1.54, 1.807) is 17.4 Å². The number of hydrogen-bond donors (Lipinski definition) is 2. The third-order valence-electron chi connectivity index (χ3n) is 2.20. The summed E-state index contributed by atoms with van der Waals surface area (Å²) < 4.78 is 0. The molecule has 3 nitrogen and oxygen atoms in total. The second-order valence-corrected chi connectivity index (χ2v) is 5.06. The molecule has 17 heavy (non-hydrogen) atoms. The van der Waals surface area contributed by atoms with Crippen LogP contribution >= 0.6 is 34.5 Å². The van der Waals surface area contributed by atoms with Crippen molar-refractivity contribution in [3.63, 3.8) is 0 Å². The second kappa shape index (κ2) is 5.69. The SMILES string of the molecule is OC(CNc1ncc(Cl)cc1Cl)c1ccsc1. The van der Waals surface area contributed by atoms with E-state index in [0.717, 1.165) is 5.56 Å². The van der Waals surface area contributed by atoms with Gasteiger partial charge < -0.3 is 10.4 Å². The van der Waals surface area contributed by atoms with Crippen molar-refractivity contribution < 1.29 is 5.11 Å². The number of thiophene rings is 1. The first-order chi connectivity index (χ1) is 8.16. The van der Waals surface area contributed by atoms with Crippen LogP contribution in [0.25, 0.3) is 0 Å². The van der Waals surface area contributed by atoms with Crippen molar-refractivity contribution in [2.45, 2.75) is 6.10 Å². The van der Waals surface area contributed by atoms with E-state index in [-0.39, 0.29) is 0 Å². The van der Waals surface area contributed by atoms with E-state index < -0.39 is 6.10 Å². The van der Waals surface area contributed by atoms with Gasteiger partial charge in [0.05, 0.1) is 16.1 Å². The molecule has 1 atom stereocenters. The number of pyridine rings is 1. The molecule has 2 rings (SSSR count). The lowest BCUT2D eigenvalue weighted by molar-refractivity contribution is 0.192. The third-order valence-corrected chi connectivity index (χ3v) is 3.39. The van der Waals surface area contributed by atoms with E-state index in [1.165, 1.54) is 6.20 Å². The van der Waals surface area contributed by atoms with Crippen LogP contribution in [-0.4, -0.2) is 16.6 Å². The highest BCUT2D eigenvalue weighted by Gasteiger charge is 2.09. The van der Waals surface area contributed by atoms with Crippen LogP contribution in [0.1, 0.15) is 11.7 Å². The van der Waals surface area contributed by atoms with Gasteiger partial charge >= 0.3 is 0 Å². The number of nitrogens with one attached hydrogen (secondary N) is 1. The maximum Gasteiger partial charge on any atom is 0.144 e. The van der Waals surface area contributed by atoms with E-state index in [0.29, 0.717) is 22.4 Å². The molecule has 0 aliphatic rings. The van der Waals surface area contributed by atoms with E-state index in [2.05, 4.69) is 10.3 Å². The van der Waals surface area contributed by atoms with E-state index in [9.17, 15) is 5.11 Å². The van der Waals surface area contributed by atoms with E-state index >= 15 is 0 Å². The number of hydrogen-bond acceptors (Lipinski definition) is 4. The normalized spacial score (nSPS) is 12.4. The Labute approximate surface area is 113 Å². The van der Waals surface area contributed by atoms with Crippen molar-refractivity contribution in [2.75, 3.05) is 11.9 Å². The highest BCUT2D eigenvalue weighted by atomic mass is 35.5. The summed E-state index contributed by atoms with van der Waals surface area (Å²) in [5.41, 5.74) is 0.882. The van der Waals surface area contributed by atoms with Crippen molar-refractivity contribution in [3.8, 4) is 0 Å². The quantitative estimate of drug-likeness (QED) is 0.904. The molecular formula is C11H10Cl2N2OS. The zero-order valence-electron chi connectivity index (χ0n) is 8.73. The molecule has 0 aliphatic heterocycles. The predicted octanol–water partition coefficient (Wildman–Crippen LogP) is 3.60. The van der Waals surface area contributed by atoms with Crippen molar-refractivity contribution in [1.82, 2.24) is 4.98 Å². The summed E-state index contributed by atoms with van der Waals surface area (Å²) in [5.74, 6) is 0.519. The van der Waals surface area contributed by atoms with Gasteiger partial charge in [-0.1, -0.05) is 23.2 Å². The molecule has 0 amide bonds. The van der Waals surface area contributed by atoms with Gasteiger partial charge in [0.2, 0.25) is 0 Å². The van der Waals surface area contributed by atoms with Crippen LogP contribution in [0, 0.1) is 0 Å². The van der Waals surface area contributed by atoms with Crippen molar-refractivity contribution in [3.05, 3.63) is 44.7 Å². The van der Waals surface area contributed by atoms with Crippen LogP contribution in [0.3, 0.4) is 0 Å². The van der Waals surface area contributed by atoms with Crippen LogP contribution in [0.2, 0.25) is 10.0 Å². The molecule has 2 aromatic rings. The Morgan fingerprint density at radius 2 is 2.29 bits per heavy atom. The fraction of sp³-hybridized carbons (Fsp3) is 0.182. The molecule has 2 N–H and O–H groups in total. The smallest absolute Gasteiger partial charge is 0.144 e. The largest absolute Gasteiger partial charge is 0.387 e. The van der Waals surface area contributed by atoms with Crippen molar-refractivity contribution in [2.24, 2.45) is 0 Å². The van der Waals surface area contributed by atoms with Gasteiger partial charge in [0.25, 0.3) is 0 Å². The van der Waals surface area contributed by atoms with Gasteiger partial charge in [-0.2, -0.15) is 11.3 Å². The van der Waals surface area contributed by atoms with Crippen LogP contribution in [0.5, 0.6) is 0 Å². The first kappa shape index (κ1) is 12.6. The molecule has 0 saturated carbocycles. The number of aliphatic hydroxyl groups excluding tert-OH is 1. The molecule has 0 spiro atoms. The summed E-state index contributed by atoms with van der Waals surface area (Å²) in [6, 6.07) is 3.49. The molecule has 1 unspecified atom stereocenters. The highest BCUT2D eigenvalue weighted by molar-refractivity contribution is 7.07. The second-order valence-electron chi connectivity index (χ2n) is 3.44. The summed E-state index contributed by atoms with van der Waals surface area (Å²) in [7, 11) is 0. The number of aliphatic hydroxyl groups is 1. The maximum atomic E-state index is 9.86. The van der Waals surface area contributed by atoms with Gasteiger partial charge in [-0.05, 0) is 28.5 Å². The fourth-order valence-electron chi connectivity index (χ4n) is 1.32. The van der Waals surface area contributed by atoms with Gasteiger partial charge in [0.15, 0.2) is 0 Å². The summed E-state index contributed by atoms with van der Waals surface area (Å²) in [4.78, 5) is 4.05. The van der Waals surface area contributed by atoms with Crippen LogP contribution in [0.4, 0.5) is 5.82 Å². The van der Waals surface area contributed by atoms with Crippen LogP contribution in [0.15, 0.2) is 29.1 Å². The van der Waals surface area contributed by atoms with Gasteiger partial charge in [-0.15, -0.1) is 0 Å². The van der Waals surface area contributed by atoms with Gasteiger partial charge in [0.1, 0.15) is 5.82 Å². The first-order valence-electron chi connectivity index (χ1n) is 4.92. The number of halogens is 2. The zero-order chi connectivity index (χ0) is 12.3. The molecule has 0 aliphatic carbocycles. The van der Waals surface area contributed by atoms with Gasteiger partial charge in [0, 0.05) is 12.7 Å². The maximum absolute atomic E-state index is 9.86. The Morgan fingerprint density at radius 3 is 2.94 bits per heavy atom. The molecule has 90 valence electrons. The molecule has 0 fully saturated rings. The van der Waals surface area contributed by atoms with Crippen molar-refractivity contribution in [1.29, 1.82) is 0 Å². The third kappa shape index (κ3) is 3.33. The van der Waals surface area contributed by atoms with E-state index in [4.69, 9.17) is 23.2 Å². The number of anilines is 1. The minimum Gasteiger partial charge on any atom is -0.387 e. The topological polar surface area (TPSA) is 45.1 Å². The Kier molecular flexibility index (Phi) is 4.23. The summed E-state index contributed by atoms with van der Waals surface area (Å²) in [5, 5.41) is 17.6. The number of rotatable bonds is 4. The molecule has 2 heterocycles. The summed E-state index contributed by atoms with van der Waals surface area (Å²) in [6.07, 6.45) is 0.932. The monoisotopic (exact) mass is 288 g/mol. The lowest BCUT2D eigenvalue weighted by atomic mass is 10.2. The predicted molar refractivity (Wildman–Crippen MR) is 72.0 cm³/mol. The first-order valence-corrected chi connectivity index (χ1v) is 6.62. The Bertz CT molecular complexity index is 490. The minimum absolute atomic E-state index is 0.352. The number of nitrogens with zero attached hydrogens (tertiary/aromatic N) is 1. The number of aromatic nitrogens is 1. The van der Waals surface area contributed by atoms with Crippen LogP contribution in [-0.2, 0) is 0 Å². The summed E-state index contributed by atoms with van der Waals surface area (Å²) >= 11 is 13.2. The molecule has 6 heteroatoms. The average molecular weight is 289 g/mol. The van der Waals surface area contributed by atoms with Gasteiger partial charge in [-0.25, -0.2) is 4.98 Å². The average Bonchev–Trinajstić information content (AvgIpc) is 2.81.